The maximum Gasteiger partial charge on any atom is 0.230 e. The van der Waals surface area contributed by atoms with E-state index in [1.165, 1.54) is 6.33 Å². The average Bonchev–Trinajstić information content (AvgIpc) is 3.15. The molecule has 4 aromatic rings. The fourth-order valence-electron chi connectivity index (χ4n) is 4.93. The number of H-pyrrole nitrogens is 1. The number of methoxy groups -OCH3 is 1. The highest BCUT2D eigenvalue weighted by Gasteiger charge is 2.48. The number of nitrogens with zero attached hydrogens (tertiary/aromatic N) is 3. The fourth-order valence-corrected chi connectivity index (χ4v) is 4.93. The van der Waals surface area contributed by atoms with E-state index in [9.17, 15) is 0 Å². The van der Waals surface area contributed by atoms with Gasteiger partial charge in [-0.2, -0.15) is 0 Å². The lowest BCUT2D eigenvalue weighted by atomic mass is 9.78. The van der Waals surface area contributed by atoms with Gasteiger partial charge in [0, 0.05) is 47.7 Å². The average molecular weight is 461 g/mol. The number of ether oxygens (including phenoxy) is 4. The van der Waals surface area contributed by atoms with Gasteiger partial charge in [0.1, 0.15) is 12.1 Å². The van der Waals surface area contributed by atoms with E-state index in [0.717, 1.165) is 66.8 Å². The van der Waals surface area contributed by atoms with E-state index in [1.54, 1.807) is 7.11 Å². The fraction of sp³-hybridized carbons (Fsp3) is 0.385. The van der Waals surface area contributed by atoms with Crippen LogP contribution >= 0.6 is 0 Å². The van der Waals surface area contributed by atoms with Crippen molar-refractivity contribution in [1.29, 1.82) is 0 Å². The molecule has 4 heterocycles. The molecule has 0 saturated carbocycles. The second-order valence-corrected chi connectivity index (χ2v) is 9.41. The largest absolute Gasteiger partial charge is 0.493 e. The predicted molar refractivity (Wildman–Crippen MR) is 129 cm³/mol. The molecule has 0 aliphatic carbocycles. The molecule has 8 nitrogen and oxygen atoms in total. The minimum absolute atomic E-state index is 0.453. The lowest BCUT2D eigenvalue weighted by Gasteiger charge is -2.55. The SMILES string of the molecule is COc1cc2c(Oc3ccc4[nH]c(C)cc4c3)ncnc2cc1OCCCN1CC2(COC2)C1. The zero-order valence-corrected chi connectivity index (χ0v) is 19.5. The van der Waals surface area contributed by atoms with Crippen molar-refractivity contribution in [2.75, 3.05) is 46.6 Å². The van der Waals surface area contributed by atoms with Crippen LogP contribution in [0, 0.1) is 12.3 Å². The quantitative estimate of drug-likeness (QED) is 0.392. The minimum Gasteiger partial charge on any atom is -0.493 e. The molecule has 2 saturated heterocycles. The van der Waals surface area contributed by atoms with Crippen molar-refractivity contribution < 1.29 is 18.9 Å². The Hall–Kier alpha value is -3.36. The Morgan fingerprint density at radius 3 is 2.76 bits per heavy atom. The van der Waals surface area contributed by atoms with E-state index in [0.29, 0.717) is 35.2 Å². The Balaban J connectivity index is 1.15. The molecule has 0 bridgehead atoms. The lowest BCUT2D eigenvalue weighted by molar-refractivity contribution is -0.189. The Bertz CT molecular complexity index is 1340. The van der Waals surface area contributed by atoms with Gasteiger partial charge in [-0.05, 0) is 43.7 Å². The summed E-state index contributed by atoms with van der Waals surface area (Å²) in [5, 5.41) is 1.86. The number of aryl methyl sites for hydroxylation is 1. The van der Waals surface area contributed by atoms with E-state index >= 15 is 0 Å². The van der Waals surface area contributed by atoms with Crippen molar-refractivity contribution in [3.63, 3.8) is 0 Å². The van der Waals surface area contributed by atoms with Crippen LogP contribution in [0.1, 0.15) is 12.1 Å². The number of fused-ring (bicyclic) bond motifs is 2. The maximum absolute atomic E-state index is 6.15. The van der Waals surface area contributed by atoms with E-state index in [1.807, 2.05) is 37.3 Å². The van der Waals surface area contributed by atoms with Gasteiger partial charge in [-0.15, -0.1) is 0 Å². The highest BCUT2D eigenvalue weighted by Crippen LogP contribution is 2.38. The van der Waals surface area contributed by atoms with E-state index in [2.05, 4.69) is 25.9 Å². The first-order valence-corrected chi connectivity index (χ1v) is 11.6. The normalized spacial score (nSPS) is 17.0. The molecule has 0 radical (unpaired) electrons. The zero-order valence-electron chi connectivity index (χ0n) is 19.5. The summed E-state index contributed by atoms with van der Waals surface area (Å²) >= 11 is 0. The molecular formula is C26H28N4O4. The number of nitrogens with one attached hydrogen (secondary N) is 1. The standard InChI is InChI=1S/C26H28N4O4/c1-17-8-18-9-19(4-5-21(18)29-17)34-25-20-10-23(31-2)24(11-22(20)27-16-28-25)33-7-3-6-30-12-26(13-30)14-32-15-26/h4-5,8-11,16,29H,3,6-7,12-15H2,1-2H3. The van der Waals surface area contributed by atoms with Gasteiger partial charge in [0.2, 0.25) is 5.88 Å². The molecule has 2 fully saturated rings. The summed E-state index contributed by atoms with van der Waals surface area (Å²) in [7, 11) is 1.64. The van der Waals surface area contributed by atoms with Crippen LogP contribution in [0.3, 0.4) is 0 Å². The predicted octanol–water partition coefficient (Wildman–Crippen LogP) is 4.32. The molecule has 1 N–H and O–H groups in total. The molecule has 2 aromatic heterocycles. The zero-order chi connectivity index (χ0) is 23.1. The second-order valence-electron chi connectivity index (χ2n) is 9.41. The summed E-state index contributed by atoms with van der Waals surface area (Å²) in [6, 6.07) is 11.8. The van der Waals surface area contributed by atoms with Gasteiger partial charge in [0.15, 0.2) is 11.5 Å². The van der Waals surface area contributed by atoms with Gasteiger partial charge in [0.05, 0.1) is 37.8 Å². The Morgan fingerprint density at radius 1 is 1.09 bits per heavy atom. The summed E-state index contributed by atoms with van der Waals surface area (Å²) in [6.07, 6.45) is 2.47. The first kappa shape index (κ1) is 21.2. The number of likely N-dealkylation sites (tertiary alicyclic amines) is 1. The molecule has 176 valence electrons. The molecule has 0 amide bonds. The summed E-state index contributed by atoms with van der Waals surface area (Å²) in [5.74, 6) is 2.51. The summed E-state index contributed by atoms with van der Waals surface area (Å²) in [5.41, 5.74) is 3.38. The third-order valence-electron chi connectivity index (χ3n) is 6.64. The van der Waals surface area contributed by atoms with E-state index < -0.39 is 0 Å². The van der Waals surface area contributed by atoms with Crippen LogP contribution in [0.25, 0.3) is 21.8 Å². The Kier molecular flexibility index (Phi) is 5.27. The molecular weight excluding hydrogens is 432 g/mol. The summed E-state index contributed by atoms with van der Waals surface area (Å²) in [4.78, 5) is 14.6. The Morgan fingerprint density at radius 2 is 1.97 bits per heavy atom. The molecule has 8 heteroatoms. The third-order valence-corrected chi connectivity index (χ3v) is 6.64. The van der Waals surface area contributed by atoms with Gasteiger partial charge in [-0.1, -0.05) is 0 Å². The number of rotatable bonds is 8. The molecule has 2 aliphatic rings. The van der Waals surface area contributed by atoms with Crippen molar-refractivity contribution in [2.45, 2.75) is 13.3 Å². The number of aromatic nitrogens is 3. The molecule has 0 unspecified atom stereocenters. The van der Waals surface area contributed by atoms with Crippen LogP contribution in [-0.4, -0.2) is 66.4 Å². The highest BCUT2D eigenvalue weighted by molar-refractivity contribution is 5.87. The van der Waals surface area contributed by atoms with Crippen LogP contribution in [0.15, 0.2) is 42.7 Å². The van der Waals surface area contributed by atoms with E-state index in [4.69, 9.17) is 18.9 Å². The minimum atomic E-state index is 0.453. The van der Waals surface area contributed by atoms with Gasteiger partial charge in [-0.3, -0.25) is 0 Å². The molecule has 2 aromatic carbocycles. The van der Waals surface area contributed by atoms with Crippen LogP contribution in [0.5, 0.6) is 23.1 Å². The van der Waals surface area contributed by atoms with Gasteiger partial charge < -0.3 is 28.8 Å². The molecule has 1 spiro atoms. The van der Waals surface area contributed by atoms with Crippen molar-refractivity contribution in [2.24, 2.45) is 5.41 Å². The molecule has 2 aliphatic heterocycles. The first-order chi connectivity index (χ1) is 16.6. The van der Waals surface area contributed by atoms with Crippen molar-refractivity contribution in [1.82, 2.24) is 19.9 Å². The smallest absolute Gasteiger partial charge is 0.230 e. The maximum atomic E-state index is 6.15. The highest BCUT2D eigenvalue weighted by atomic mass is 16.5. The monoisotopic (exact) mass is 460 g/mol. The molecule has 0 atom stereocenters. The number of hydrogen-bond donors (Lipinski definition) is 1. The molecule has 6 rings (SSSR count). The summed E-state index contributed by atoms with van der Waals surface area (Å²) in [6.45, 7) is 7.81. The summed E-state index contributed by atoms with van der Waals surface area (Å²) < 4.78 is 23.2. The van der Waals surface area contributed by atoms with Crippen LogP contribution in [-0.2, 0) is 4.74 Å². The van der Waals surface area contributed by atoms with Crippen molar-refractivity contribution >= 4 is 21.8 Å². The van der Waals surface area contributed by atoms with Gasteiger partial charge in [-0.25, -0.2) is 9.97 Å². The first-order valence-electron chi connectivity index (χ1n) is 11.6. The molecule has 34 heavy (non-hydrogen) atoms. The van der Waals surface area contributed by atoms with Crippen molar-refractivity contribution in [3.05, 3.63) is 48.4 Å². The Labute approximate surface area is 197 Å². The lowest BCUT2D eigenvalue weighted by Crippen LogP contribution is -2.65. The topological polar surface area (TPSA) is 81.7 Å². The van der Waals surface area contributed by atoms with Crippen LogP contribution < -0.4 is 14.2 Å². The number of aromatic amines is 1. The number of benzene rings is 2. The number of hydrogen-bond acceptors (Lipinski definition) is 7. The van der Waals surface area contributed by atoms with E-state index in [-0.39, 0.29) is 0 Å². The van der Waals surface area contributed by atoms with Crippen molar-refractivity contribution in [3.8, 4) is 23.1 Å². The van der Waals surface area contributed by atoms with Gasteiger partial charge >= 0.3 is 0 Å². The van der Waals surface area contributed by atoms with Gasteiger partial charge in [0.25, 0.3) is 0 Å². The third kappa shape index (κ3) is 3.93. The second kappa shape index (κ2) is 8.45. The van der Waals surface area contributed by atoms with Crippen LogP contribution in [0.2, 0.25) is 0 Å². The van der Waals surface area contributed by atoms with Crippen LogP contribution in [0.4, 0.5) is 0 Å².